The molecule has 0 saturated heterocycles. The van der Waals surface area contributed by atoms with Gasteiger partial charge in [-0.2, -0.15) is 0 Å². The van der Waals surface area contributed by atoms with Crippen LogP contribution in [0.25, 0.3) is 11.7 Å². The first-order valence-corrected chi connectivity index (χ1v) is 6.90. The molecule has 7 heteroatoms. The van der Waals surface area contributed by atoms with Crippen LogP contribution in [-0.4, -0.2) is 28.4 Å². The molecule has 0 atom stereocenters. The highest BCUT2D eigenvalue weighted by Crippen LogP contribution is 2.22. The Morgan fingerprint density at radius 2 is 2.32 bits per heavy atom. The maximum Gasteiger partial charge on any atom is 0.284 e. The Balaban J connectivity index is 1.82. The van der Waals surface area contributed by atoms with Crippen molar-refractivity contribution in [1.29, 1.82) is 0 Å². The first-order valence-electron chi connectivity index (χ1n) is 5.92. The van der Waals surface area contributed by atoms with Crippen LogP contribution in [0.2, 0.25) is 0 Å². The summed E-state index contributed by atoms with van der Waals surface area (Å²) in [5.74, 6) is 1.48. The van der Waals surface area contributed by atoms with Crippen LogP contribution in [0.5, 0.6) is 0 Å². The molecule has 0 bridgehead atoms. The Morgan fingerprint density at radius 1 is 1.47 bits per heavy atom. The molecule has 0 aromatic carbocycles. The van der Waals surface area contributed by atoms with Crippen LogP contribution in [0.15, 0.2) is 32.5 Å². The molecule has 0 radical (unpaired) electrons. The second-order valence-electron chi connectivity index (χ2n) is 4.34. The van der Waals surface area contributed by atoms with Crippen LogP contribution in [0, 0.1) is 5.92 Å². The Kier molecular flexibility index (Phi) is 4.62. The second kappa shape index (κ2) is 6.42. The summed E-state index contributed by atoms with van der Waals surface area (Å²) in [6.45, 7) is 4.75. The summed E-state index contributed by atoms with van der Waals surface area (Å²) in [7, 11) is 0. The maximum absolute atomic E-state index is 11.5. The lowest BCUT2D eigenvalue weighted by atomic mass is 10.2. The Bertz CT molecular complexity index is 522. The normalized spacial score (nSPS) is 10.9. The van der Waals surface area contributed by atoms with Crippen LogP contribution in [0.1, 0.15) is 13.8 Å². The highest BCUT2D eigenvalue weighted by atomic mass is 32.2. The van der Waals surface area contributed by atoms with Crippen LogP contribution in [0.3, 0.4) is 0 Å². The largest absolute Gasteiger partial charge is 0.459 e. The summed E-state index contributed by atoms with van der Waals surface area (Å²) in [5.41, 5.74) is 0. The highest BCUT2D eigenvalue weighted by molar-refractivity contribution is 7.99. The molecule has 0 aliphatic heterocycles. The minimum atomic E-state index is -0.0450. The van der Waals surface area contributed by atoms with E-state index in [2.05, 4.69) is 15.5 Å². The number of thioether (sulfide) groups is 1. The molecular formula is C12H15N3O3S. The predicted molar refractivity (Wildman–Crippen MR) is 70.6 cm³/mol. The third-order valence-corrected chi connectivity index (χ3v) is 2.99. The van der Waals surface area contributed by atoms with E-state index in [0.717, 1.165) is 0 Å². The molecule has 2 aromatic rings. The maximum atomic E-state index is 11.5. The zero-order chi connectivity index (χ0) is 13.7. The van der Waals surface area contributed by atoms with Gasteiger partial charge in [0.1, 0.15) is 0 Å². The first-order chi connectivity index (χ1) is 9.15. The van der Waals surface area contributed by atoms with E-state index in [4.69, 9.17) is 8.83 Å². The van der Waals surface area contributed by atoms with Crippen molar-refractivity contribution in [2.75, 3.05) is 12.3 Å². The Morgan fingerprint density at radius 3 is 3.00 bits per heavy atom. The van der Waals surface area contributed by atoms with Crippen molar-refractivity contribution in [2.24, 2.45) is 5.92 Å². The molecule has 1 amide bonds. The average molecular weight is 281 g/mol. The van der Waals surface area contributed by atoms with E-state index in [1.54, 1.807) is 12.1 Å². The fourth-order valence-electron chi connectivity index (χ4n) is 1.26. The van der Waals surface area contributed by atoms with E-state index in [0.29, 0.717) is 29.3 Å². The van der Waals surface area contributed by atoms with Gasteiger partial charge in [-0.05, 0) is 18.1 Å². The lowest BCUT2D eigenvalue weighted by Gasteiger charge is -2.05. The van der Waals surface area contributed by atoms with Gasteiger partial charge in [0.15, 0.2) is 5.76 Å². The number of aromatic nitrogens is 2. The number of carbonyl (C=O) groups excluding carboxylic acids is 1. The number of rotatable bonds is 6. The molecule has 0 spiro atoms. The quantitative estimate of drug-likeness (QED) is 0.817. The zero-order valence-electron chi connectivity index (χ0n) is 10.8. The zero-order valence-corrected chi connectivity index (χ0v) is 11.6. The van der Waals surface area contributed by atoms with E-state index in [1.807, 2.05) is 13.8 Å². The standard InChI is InChI=1S/C12H15N3O3S/c1-8(2)6-13-10(16)7-19-12-15-14-11(18-12)9-4-3-5-17-9/h3-5,8H,6-7H2,1-2H3,(H,13,16). The van der Waals surface area contributed by atoms with Gasteiger partial charge >= 0.3 is 0 Å². The van der Waals surface area contributed by atoms with Gasteiger partial charge in [0.2, 0.25) is 5.91 Å². The van der Waals surface area contributed by atoms with Gasteiger partial charge in [0, 0.05) is 6.54 Å². The number of furan rings is 1. The van der Waals surface area contributed by atoms with Gasteiger partial charge in [0.25, 0.3) is 11.1 Å². The summed E-state index contributed by atoms with van der Waals surface area (Å²) in [6, 6.07) is 3.48. The molecule has 102 valence electrons. The van der Waals surface area contributed by atoms with E-state index in [-0.39, 0.29) is 11.7 Å². The van der Waals surface area contributed by atoms with E-state index in [1.165, 1.54) is 18.0 Å². The van der Waals surface area contributed by atoms with Gasteiger partial charge in [-0.15, -0.1) is 10.2 Å². The summed E-state index contributed by atoms with van der Waals surface area (Å²) >= 11 is 1.20. The van der Waals surface area contributed by atoms with Gasteiger partial charge in [0.05, 0.1) is 12.0 Å². The lowest BCUT2D eigenvalue weighted by molar-refractivity contribution is -0.118. The molecule has 6 nitrogen and oxygen atoms in total. The summed E-state index contributed by atoms with van der Waals surface area (Å²) in [5, 5.41) is 10.9. The summed E-state index contributed by atoms with van der Waals surface area (Å²) < 4.78 is 10.5. The van der Waals surface area contributed by atoms with Crippen LogP contribution < -0.4 is 5.32 Å². The molecular weight excluding hydrogens is 266 g/mol. The molecule has 0 aliphatic carbocycles. The van der Waals surface area contributed by atoms with Crippen molar-refractivity contribution in [2.45, 2.75) is 19.1 Å². The third kappa shape index (κ3) is 4.13. The Hall–Kier alpha value is -1.76. The predicted octanol–water partition coefficient (Wildman–Crippen LogP) is 2.19. The minimum absolute atomic E-state index is 0.0450. The van der Waals surface area contributed by atoms with Crippen molar-refractivity contribution >= 4 is 17.7 Å². The van der Waals surface area contributed by atoms with Gasteiger partial charge in [-0.25, -0.2) is 0 Å². The molecule has 0 unspecified atom stereocenters. The lowest BCUT2D eigenvalue weighted by Crippen LogP contribution is -2.28. The van der Waals surface area contributed by atoms with E-state index >= 15 is 0 Å². The van der Waals surface area contributed by atoms with Gasteiger partial charge in [-0.3, -0.25) is 4.79 Å². The number of carbonyl (C=O) groups is 1. The molecule has 1 N–H and O–H groups in total. The fraction of sp³-hybridized carbons (Fsp3) is 0.417. The summed E-state index contributed by atoms with van der Waals surface area (Å²) in [4.78, 5) is 11.5. The van der Waals surface area contributed by atoms with Crippen LogP contribution in [0.4, 0.5) is 0 Å². The molecule has 0 saturated carbocycles. The van der Waals surface area contributed by atoms with E-state index < -0.39 is 0 Å². The Labute approximate surface area is 115 Å². The number of nitrogens with zero attached hydrogens (tertiary/aromatic N) is 2. The molecule has 2 aromatic heterocycles. The summed E-state index contributed by atoms with van der Waals surface area (Å²) in [6.07, 6.45) is 1.53. The van der Waals surface area contributed by atoms with E-state index in [9.17, 15) is 4.79 Å². The second-order valence-corrected chi connectivity index (χ2v) is 5.26. The topological polar surface area (TPSA) is 81.2 Å². The number of amides is 1. The number of hydrogen-bond acceptors (Lipinski definition) is 6. The first kappa shape index (κ1) is 13.7. The number of hydrogen-bond donors (Lipinski definition) is 1. The fourth-order valence-corrected chi connectivity index (χ4v) is 1.86. The molecule has 19 heavy (non-hydrogen) atoms. The monoisotopic (exact) mass is 281 g/mol. The van der Waals surface area contributed by atoms with Gasteiger partial charge in [-0.1, -0.05) is 25.6 Å². The molecule has 2 heterocycles. The third-order valence-electron chi connectivity index (χ3n) is 2.17. The molecule has 0 aliphatic rings. The smallest absolute Gasteiger partial charge is 0.284 e. The average Bonchev–Trinajstić information content (AvgIpc) is 3.03. The van der Waals surface area contributed by atoms with Gasteiger partial charge < -0.3 is 14.2 Å². The SMILES string of the molecule is CC(C)CNC(=O)CSc1nnc(-c2ccco2)o1. The molecule has 0 fully saturated rings. The number of nitrogens with one attached hydrogen (secondary N) is 1. The van der Waals surface area contributed by atoms with Crippen molar-refractivity contribution in [3.05, 3.63) is 18.4 Å². The molecule has 2 rings (SSSR count). The minimum Gasteiger partial charge on any atom is -0.459 e. The van der Waals surface area contributed by atoms with Crippen LogP contribution >= 0.6 is 11.8 Å². The van der Waals surface area contributed by atoms with Crippen molar-refractivity contribution in [3.8, 4) is 11.7 Å². The highest BCUT2D eigenvalue weighted by Gasteiger charge is 2.12. The van der Waals surface area contributed by atoms with Crippen molar-refractivity contribution in [1.82, 2.24) is 15.5 Å². The van der Waals surface area contributed by atoms with Crippen molar-refractivity contribution < 1.29 is 13.6 Å². The van der Waals surface area contributed by atoms with Crippen LogP contribution in [-0.2, 0) is 4.79 Å². The van der Waals surface area contributed by atoms with Crippen molar-refractivity contribution in [3.63, 3.8) is 0 Å².